The zero-order valence-corrected chi connectivity index (χ0v) is 24.3. The van der Waals surface area contributed by atoms with E-state index < -0.39 is 17.9 Å². The van der Waals surface area contributed by atoms with Crippen molar-refractivity contribution in [3.63, 3.8) is 0 Å². The number of carbonyl (C=O) groups excluding carboxylic acids is 1. The Bertz CT molecular complexity index is 588. The molecule has 222 valence electrons. The summed E-state index contributed by atoms with van der Waals surface area (Å²) in [5.41, 5.74) is 0. The summed E-state index contributed by atoms with van der Waals surface area (Å²) >= 11 is 0. The summed E-state index contributed by atoms with van der Waals surface area (Å²) in [5, 5.41) is 29.2. The van der Waals surface area contributed by atoms with E-state index in [1.165, 1.54) is 96.3 Å². The van der Waals surface area contributed by atoms with Gasteiger partial charge in [0.15, 0.2) is 0 Å². The Balaban J connectivity index is 3.96. The van der Waals surface area contributed by atoms with Gasteiger partial charge in [0, 0.05) is 18.8 Å². The van der Waals surface area contributed by atoms with E-state index >= 15 is 0 Å². The van der Waals surface area contributed by atoms with Gasteiger partial charge in [0.05, 0.1) is 39.0 Å². The topological polar surface area (TPSA) is 115 Å². The molecule has 7 heteroatoms. The third-order valence-corrected chi connectivity index (χ3v) is 7.53. The molecule has 0 radical (unpaired) electrons. The predicted octanol–water partition coefficient (Wildman–Crippen LogP) is 6.49. The van der Waals surface area contributed by atoms with E-state index in [1.807, 2.05) is 0 Å². The summed E-state index contributed by atoms with van der Waals surface area (Å²) in [4.78, 5) is 33.2. The lowest BCUT2D eigenvalue weighted by Gasteiger charge is -2.38. The molecule has 0 amide bonds. The minimum Gasteiger partial charge on any atom is -0.550 e. The van der Waals surface area contributed by atoms with Crippen LogP contribution >= 0.6 is 0 Å². The second kappa shape index (κ2) is 25.4. The van der Waals surface area contributed by atoms with Crippen LogP contribution in [-0.2, 0) is 14.4 Å². The minimum absolute atomic E-state index is 0.109. The summed E-state index contributed by atoms with van der Waals surface area (Å²) < 4.78 is 0.194. The maximum atomic E-state index is 11.1. The van der Waals surface area contributed by atoms with Crippen LogP contribution in [0.15, 0.2) is 12.2 Å². The molecule has 0 aliphatic rings. The molecule has 0 aliphatic carbocycles. The van der Waals surface area contributed by atoms with Crippen LogP contribution in [0, 0.1) is 0 Å². The molecule has 38 heavy (non-hydrogen) atoms. The van der Waals surface area contributed by atoms with Gasteiger partial charge in [-0.2, -0.15) is 0 Å². The minimum atomic E-state index is -1.19. The van der Waals surface area contributed by atoms with Gasteiger partial charge in [0.1, 0.15) is 0 Å². The molecular weight excluding hydrogens is 482 g/mol. The molecule has 2 N–H and O–H groups in total. The number of allylic oxidation sites excluding steroid dienone is 2. The van der Waals surface area contributed by atoms with Crippen molar-refractivity contribution in [2.45, 2.75) is 142 Å². The largest absolute Gasteiger partial charge is 0.550 e. The van der Waals surface area contributed by atoms with Gasteiger partial charge in [-0.05, 0) is 19.3 Å². The summed E-state index contributed by atoms with van der Waals surface area (Å²) in [7, 11) is 0. The molecule has 0 aliphatic heterocycles. The Labute approximate surface area is 232 Å². The number of nitrogens with zero attached hydrogens (tertiary/aromatic N) is 1. The average Bonchev–Trinajstić information content (AvgIpc) is 2.88. The maximum Gasteiger partial charge on any atom is 0.309 e. The molecule has 7 nitrogen and oxygen atoms in total. The summed E-state index contributed by atoms with van der Waals surface area (Å²) in [6.07, 6.45) is 26.9. The lowest BCUT2D eigenvalue weighted by atomic mass is 10.0. The molecular formula is C31H57NO6. The Kier molecular flexibility index (Phi) is 24.1. The molecule has 0 saturated carbocycles. The molecule has 0 aromatic carbocycles. The van der Waals surface area contributed by atoms with Gasteiger partial charge < -0.3 is 24.6 Å². The number of quaternary nitrogens is 1. The first kappa shape index (κ1) is 36.1. The number of carbonyl (C=O) groups is 3. The Morgan fingerprint density at radius 3 is 1.32 bits per heavy atom. The first-order chi connectivity index (χ1) is 18.3. The average molecular weight is 540 g/mol. The third kappa shape index (κ3) is 24.4. The van der Waals surface area contributed by atoms with Crippen molar-refractivity contribution < 1.29 is 34.2 Å². The van der Waals surface area contributed by atoms with Crippen molar-refractivity contribution in [2.75, 3.05) is 26.2 Å². The highest BCUT2D eigenvalue weighted by Gasteiger charge is 2.28. The molecule has 0 atom stereocenters. The first-order valence-corrected chi connectivity index (χ1v) is 15.4. The van der Waals surface area contributed by atoms with E-state index in [0.717, 1.165) is 19.3 Å². The van der Waals surface area contributed by atoms with Crippen molar-refractivity contribution in [2.24, 2.45) is 0 Å². The fraction of sp³-hybridized carbons (Fsp3) is 0.839. The second-order valence-corrected chi connectivity index (χ2v) is 11.0. The van der Waals surface area contributed by atoms with E-state index in [-0.39, 0.29) is 43.4 Å². The van der Waals surface area contributed by atoms with E-state index in [9.17, 15) is 19.5 Å². The van der Waals surface area contributed by atoms with E-state index in [2.05, 4.69) is 19.1 Å². The van der Waals surface area contributed by atoms with E-state index in [0.29, 0.717) is 6.54 Å². The number of hydrogen-bond acceptors (Lipinski definition) is 4. The van der Waals surface area contributed by atoms with Gasteiger partial charge >= 0.3 is 11.9 Å². The highest BCUT2D eigenvalue weighted by Crippen LogP contribution is 2.16. The van der Waals surface area contributed by atoms with Crippen LogP contribution in [0.25, 0.3) is 0 Å². The molecule has 0 fully saturated rings. The first-order valence-electron chi connectivity index (χ1n) is 15.4. The number of aliphatic carboxylic acids is 3. The molecule has 0 rings (SSSR count). The van der Waals surface area contributed by atoms with Crippen LogP contribution in [0.2, 0.25) is 0 Å². The molecule has 0 aromatic heterocycles. The molecule has 0 aromatic rings. The molecule has 0 spiro atoms. The van der Waals surface area contributed by atoms with Crippen molar-refractivity contribution in [3.05, 3.63) is 12.2 Å². The van der Waals surface area contributed by atoms with Crippen molar-refractivity contribution >= 4 is 17.9 Å². The number of hydrogen-bond donors (Lipinski definition) is 2. The van der Waals surface area contributed by atoms with Gasteiger partial charge in [-0.1, -0.05) is 109 Å². The fourth-order valence-corrected chi connectivity index (χ4v) is 5.08. The molecule has 0 heterocycles. The van der Waals surface area contributed by atoms with E-state index in [4.69, 9.17) is 10.2 Å². The van der Waals surface area contributed by atoms with Crippen molar-refractivity contribution in [1.29, 1.82) is 0 Å². The Morgan fingerprint density at radius 2 is 0.921 bits per heavy atom. The molecule has 0 unspecified atom stereocenters. The second-order valence-electron chi connectivity index (χ2n) is 11.0. The lowest BCUT2D eigenvalue weighted by Crippen LogP contribution is -2.52. The molecule has 0 saturated heterocycles. The zero-order valence-electron chi connectivity index (χ0n) is 24.3. The van der Waals surface area contributed by atoms with Gasteiger partial charge in [0.2, 0.25) is 0 Å². The van der Waals surface area contributed by atoms with Crippen molar-refractivity contribution in [3.8, 4) is 0 Å². The Morgan fingerprint density at radius 1 is 0.553 bits per heavy atom. The van der Waals surface area contributed by atoms with Crippen LogP contribution in [-0.4, -0.2) is 58.8 Å². The quantitative estimate of drug-likeness (QED) is 0.0638. The van der Waals surface area contributed by atoms with Crippen LogP contribution < -0.4 is 5.11 Å². The molecule has 0 bridgehead atoms. The lowest BCUT2D eigenvalue weighted by molar-refractivity contribution is -0.927. The summed E-state index contributed by atoms with van der Waals surface area (Å²) in [6.45, 7) is 3.50. The van der Waals surface area contributed by atoms with E-state index in [1.54, 1.807) is 0 Å². The monoisotopic (exact) mass is 539 g/mol. The van der Waals surface area contributed by atoms with Crippen LogP contribution in [0.1, 0.15) is 142 Å². The SMILES string of the molecule is CCCCCCCCCCCCCCCCC/C=C/CCC[N+](CCC(=O)[O-])(CCC(=O)O)CCC(=O)O. The smallest absolute Gasteiger partial charge is 0.309 e. The fourth-order valence-electron chi connectivity index (χ4n) is 5.08. The highest BCUT2D eigenvalue weighted by molar-refractivity contribution is 5.67. The highest BCUT2D eigenvalue weighted by atomic mass is 16.4. The van der Waals surface area contributed by atoms with Crippen LogP contribution in [0.3, 0.4) is 0 Å². The summed E-state index contributed by atoms with van der Waals surface area (Å²) in [5.74, 6) is -3.11. The number of rotatable bonds is 29. The summed E-state index contributed by atoms with van der Waals surface area (Å²) in [6, 6.07) is 0. The Hall–Kier alpha value is -1.89. The van der Waals surface area contributed by atoms with Gasteiger partial charge in [-0.25, -0.2) is 0 Å². The number of carboxylic acid groups (broad SMARTS) is 3. The number of carboxylic acids is 3. The van der Waals surface area contributed by atoms with Crippen LogP contribution in [0.5, 0.6) is 0 Å². The van der Waals surface area contributed by atoms with Crippen LogP contribution in [0.4, 0.5) is 0 Å². The number of unbranched alkanes of at least 4 members (excludes halogenated alkanes) is 16. The predicted molar refractivity (Wildman–Crippen MR) is 152 cm³/mol. The maximum absolute atomic E-state index is 11.1. The third-order valence-electron chi connectivity index (χ3n) is 7.53. The van der Waals surface area contributed by atoms with Crippen molar-refractivity contribution in [1.82, 2.24) is 0 Å². The zero-order chi connectivity index (χ0) is 28.3. The van der Waals surface area contributed by atoms with Gasteiger partial charge in [-0.15, -0.1) is 0 Å². The van der Waals surface area contributed by atoms with Gasteiger partial charge in [0.25, 0.3) is 0 Å². The normalized spacial score (nSPS) is 11.8. The standard InChI is InChI=1S/C31H57NO6/c1-2-3-4-5-6-7-8-9-10-11-12-13-14-15-16-17-18-19-20-21-25-32(26-22-29(33)34,27-23-30(35)36)28-24-31(37)38/h18-19H,2-17,20-28H2,1H3,(H2-,33,34,35,36,37,38)/b19-18+. The van der Waals surface area contributed by atoms with Gasteiger partial charge in [-0.3, -0.25) is 9.59 Å².